The third kappa shape index (κ3) is 7.22. The summed E-state index contributed by atoms with van der Waals surface area (Å²) in [6.07, 6.45) is 1.04. The van der Waals surface area contributed by atoms with E-state index in [1.807, 2.05) is 0 Å². The first kappa shape index (κ1) is 25.2. The quantitative estimate of drug-likeness (QED) is 0.538. The maximum atomic E-state index is 13.3. The third-order valence-corrected chi connectivity index (χ3v) is 6.46. The number of hydrogen-bond acceptors (Lipinski definition) is 4. The van der Waals surface area contributed by atoms with Crippen molar-refractivity contribution in [1.82, 2.24) is 10.2 Å². The molecule has 2 rings (SSSR count). The maximum absolute atomic E-state index is 13.3. The minimum atomic E-state index is -3.75. The Morgan fingerprint density at radius 1 is 1.16 bits per heavy atom. The Kier molecular flexibility index (Phi) is 8.90. The Labute approximate surface area is 196 Å². The van der Waals surface area contributed by atoms with Crippen LogP contribution in [0, 0.1) is 0 Å². The number of sulfonamides is 1. The number of halogens is 2. The molecule has 0 spiro atoms. The highest BCUT2D eigenvalue weighted by Gasteiger charge is 2.29. The third-order valence-electron chi connectivity index (χ3n) is 4.55. The molecule has 1 atom stereocenters. The number of nitrogens with zero attached hydrogens (tertiary/aromatic N) is 2. The van der Waals surface area contributed by atoms with Gasteiger partial charge in [-0.15, -0.1) is 0 Å². The molecule has 0 fully saturated rings. The molecular formula is C21H25BrClN3O4S. The maximum Gasteiger partial charge on any atom is 0.244 e. The van der Waals surface area contributed by atoms with Crippen LogP contribution in [0.15, 0.2) is 53.0 Å². The van der Waals surface area contributed by atoms with E-state index in [1.165, 1.54) is 4.90 Å². The van der Waals surface area contributed by atoms with Crippen molar-refractivity contribution in [3.8, 4) is 0 Å². The molecule has 1 N–H and O–H groups in total. The summed E-state index contributed by atoms with van der Waals surface area (Å²) in [5, 5.41) is 3.21. The smallest absolute Gasteiger partial charge is 0.244 e. The molecule has 0 heterocycles. The van der Waals surface area contributed by atoms with E-state index < -0.39 is 28.5 Å². The van der Waals surface area contributed by atoms with E-state index in [2.05, 4.69) is 21.2 Å². The molecule has 0 saturated heterocycles. The summed E-state index contributed by atoms with van der Waals surface area (Å²) < 4.78 is 26.7. The molecule has 7 nitrogen and oxygen atoms in total. The van der Waals surface area contributed by atoms with Crippen molar-refractivity contribution in [1.29, 1.82) is 0 Å². The van der Waals surface area contributed by atoms with Crippen LogP contribution in [0.5, 0.6) is 0 Å². The highest BCUT2D eigenvalue weighted by Crippen LogP contribution is 2.22. The van der Waals surface area contributed by atoms with Crippen LogP contribution in [-0.4, -0.2) is 50.5 Å². The van der Waals surface area contributed by atoms with Crippen molar-refractivity contribution in [3.63, 3.8) is 0 Å². The minimum Gasteiger partial charge on any atom is -0.355 e. The molecule has 168 valence electrons. The Hall–Kier alpha value is -2.10. The summed E-state index contributed by atoms with van der Waals surface area (Å²) in [4.78, 5) is 27.1. The average molecular weight is 531 g/mol. The fraction of sp³-hybridized carbons (Fsp3) is 0.333. The van der Waals surface area contributed by atoms with E-state index in [0.29, 0.717) is 17.3 Å². The van der Waals surface area contributed by atoms with Gasteiger partial charge in [-0.3, -0.25) is 13.9 Å². The van der Waals surface area contributed by atoms with Crippen LogP contribution < -0.4 is 9.62 Å². The molecule has 0 unspecified atom stereocenters. The molecule has 2 aromatic rings. The number of rotatable bonds is 9. The molecule has 0 bridgehead atoms. The van der Waals surface area contributed by atoms with Crippen LogP contribution in [0.4, 0.5) is 5.69 Å². The van der Waals surface area contributed by atoms with Crippen LogP contribution >= 0.6 is 27.5 Å². The van der Waals surface area contributed by atoms with E-state index in [1.54, 1.807) is 62.4 Å². The van der Waals surface area contributed by atoms with Gasteiger partial charge in [0.25, 0.3) is 0 Å². The van der Waals surface area contributed by atoms with Gasteiger partial charge < -0.3 is 10.2 Å². The van der Waals surface area contributed by atoms with Crippen molar-refractivity contribution in [2.24, 2.45) is 0 Å². The van der Waals surface area contributed by atoms with Gasteiger partial charge in [0.15, 0.2) is 0 Å². The van der Waals surface area contributed by atoms with Crippen molar-refractivity contribution >= 4 is 55.1 Å². The monoisotopic (exact) mass is 529 g/mol. The SMILES string of the molecule is CCNC(=O)[C@H](C)N(Cc1cccc(Cl)c1)C(=O)CN(c1ccc(Br)cc1)S(C)(=O)=O. The first-order valence-corrected chi connectivity index (χ1v) is 12.6. The molecule has 0 aromatic heterocycles. The summed E-state index contributed by atoms with van der Waals surface area (Å²) in [7, 11) is -3.75. The minimum absolute atomic E-state index is 0.107. The summed E-state index contributed by atoms with van der Waals surface area (Å²) in [5.41, 5.74) is 1.08. The summed E-state index contributed by atoms with van der Waals surface area (Å²) >= 11 is 9.38. The average Bonchev–Trinajstić information content (AvgIpc) is 2.70. The Morgan fingerprint density at radius 2 is 1.81 bits per heavy atom. The molecule has 0 radical (unpaired) electrons. The van der Waals surface area contributed by atoms with E-state index >= 15 is 0 Å². The Morgan fingerprint density at radius 3 is 2.35 bits per heavy atom. The van der Waals surface area contributed by atoms with E-state index in [0.717, 1.165) is 20.6 Å². The number of amides is 2. The van der Waals surface area contributed by atoms with E-state index in [4.69, 9.17) is 11.6 Å². The lowest BCUT2D eigenvalue weighted by Crippen LogP contribution is -2.51. The normalized spacial score (nSPS) is 12.2. The molecule has 0 saturated carbocycles. The van der Waals surface area contributed by atoms with Crippen LogP contribution in [0.2, 0.25) is 5.02 Å². The first-order valence-electron chi connectivity index (χ1n) is 9.57. The predicted octanol–water partition coefficient (Wildman–Crippen LogP) is 3.42. The van der Waals surface area contributed by atoms with Crippen LogP contribution in [0.3, 0.4) is 0 Å². The number of benzene rings is 2. The molecule has 10 heteroatoms. The lowest BCUT2D eigenvalue weighted by molar-refractivity contribution is -0.139. The van der Waals surface area contributed by atoms with Crippen LogP contribution in [-0.2, 0) is 26.2 Å². The van der Waals surface area contributed by atoms with Crippen molar-refractivity contribution in [3.05, 3.63) is 63.6 Å². The standard InChI is InChI=1S/C21H25BrClN3O4S/c1-4-24-21(28)15(2)25(13-16-6-5-7-18(23)12-16)20(27)14-26(31(3,29)30)19-10-8-17(22)9-11-19/h5-12,15H,4,13-14H2,1-3H3,(H,24,28)/t15-/m0/s1. The first-order chi connectivity index (χ1) is 14.5. The second kappa shape index (κ2) is 11.0. The number of hydrogen-bond donors (Lipinski definition) is 1. The molecule has 0 aliphatic heterocycles. The summed E-state index contributed by atoms with van der Waals surface area (Å²) in [6, 6.07) is 12.7. The van der Waals surface area contributed by atoms with E-state index in [9.17, 15) is 18.0 Å². The fourth-order valence-corrected chi connectivity index (χ4v) is 4.28. The van der Waals surface area contributed by atoms with Gasteiger partial charge in [-0.05, 0) is 55.8 Å². The van der Waals surface area contributed by atoms with Gasteiger partial charge in [0.2, 0.25) is 21.8 Å². The Balaban J connectivity index is 2.37. The molecule has 0 aliphatic rings. The highest BCUT2D eigenvalue weighted by atomic mass is 79.9. The zero-order valence-corrected chi connectivity index (χ0v) is 20.7. The van der Waals surface area contributed by atoms with Gasteiger partial charge in [-0.2, -0.15) is 0 Å². The fourth-order valence-electron chi connectivity index (χ4n) is 2.96. The lowest BCUT2D eigenvalue weighted by atomic mass is 10.1. The largest absolute Gasteiger partial charge is 0.355 e. The van der Waals surface area contributed by atoms with Crippen molar-refractivity contribution in [2.45, 2.75) is 26.4 Å². The number of likely N-dealkylation sites (N-methyl/N-ethyl adjacent to an activating group) is 1. The Bertz CT molecular complexity index is 1030. The van der Waals surface area contributed by atoms with Crippen LogP contribution in [0.25, 0.3) is 0 Å². The number of carbonyl (C=O) groups is 2. The molecule has 0 aliphatic carbocycles. The van der Waals surface area contributed by atoms with Gasteiger partial charge in [0, 0.05) is 22.6 Å². The van der Waals surface area contributed by atoms with Crippen LogP contribution in [0.1, 0.15) is 19.4 Å². The van der Waals surface area contributed by atoms with Gasteiger partial charge in [-0.1, -0.05) is 39.7 Å². The molecular weight excluding hydrogens is 506 g/mol. The second-order valence-electron chi connectivity index (χ2n) is 6.97. The number of anilines is 1. The predicted molar refractivity (Wildman–Crippen MR) is 126 cm³/mol. The topological polar surface area (TPSA) is 86.8 Å². The van der Waals surface area contributed by atoms with Gasteiger partial charge >= 0.3 is 0 Å². The highest BCUT2D eigenvalue weighted by molar-refractivity contribution is 9.10. The van der Waals surface area contributed by atoms with Crippen molar-refractivity contribution in [2.75, 3.05) is 23.7 Å². The number of nitrogens with one attached hydrogen (secondary N) is 1. The summed E-state index contributed by atoms with van der Waals surface area (Å²) in [6.45, 7) is 3.47. The van der Waals surface area contributed by atoms with Gasteiger partial charge in [-0.25, -0.2) is 8.42 Å². The zero-order valence-electron chi connectivity index (χ0n) is 17.5. The summed E-state index contributed by atoms with van der Waals surface area (Å²) in [5.74, 6) is -0.834. The molecule has 2 aromatic carbocycles. The zero-order chi connectivity index (χ0) is 23.2. The molecule has 31 heavy (non-hydrogen) atoms. The van der Waals surface area contributed by atoms with Gasteiger partial charge in [0.1, 0.15) is 12.6 Å². The lowest BCUT2D eigenvalue weighted by Gasteiger charge is -2.31. The number of carbonyl (C=O) groups excluding carboxylic acids is 2. The second-order valence-corrected chi connectivity index (χ2v) is 10.2. The molecule has 2 amide bonds. The van der Waals surface area contributed by atoms with Gasteiger partial charge in [0.05, 0.1) is 11.9 Å². The van der Waals surface area contributed by atoms with Crippen molar-refractivity contribution < 1.29 is 18.0 Å². The van der Waals surface area contributed by atoms with E-state index in [-0.39, 0.29) is 12.5 Å².